The summed E-state index contributed by atoms with van der Waals surface area (Å²) < 4.78 is 32.1. The fourth-order valence-corrected chi connectivity index (χ4v) is 2.91. The molecule has 0 saturated carbocycles. The van der Waals surface area contributed by atoms with E-state index in [0.717, 1.165) is 0 Å². The molecule has 5 nitrogen and oxygen atoms in total. The number of nitrogens with one attached hydrogen (secondary N) is 1. The zero-order chi connectivity index (χ0) is 16.2. The number of anilines is 1. The van der Waals surface area contributed by atoms with E-state index in [-0.39, 0.29) is 17.3 Å². The highest BCUT2D eigenvalue weighted by molar-refractivity contribution is 7.92. The molecule has 0 spiro atoms. The zero-order valence-corrected chi connectivity index (χ0v) is 13.2. The largest absolute Gasteiger partial charge is 0.426 e. The van der Waals surface area contributed by atoms with Gasteiger partial charge in [0.1, 0.15) is 5.75 Å². The molecule has 0 heterocycles. The number of carbonyl (C=O) groups is 1. The average Bonchev–Trinajstić information content (AvgIpc) is 2.50. The van der Waals surface area contributed by atoms with E-state index < -0.39 is 10.0 Å². The SMILES string of the molecule is CCC(=O)Oc1ccc(NS(=O)(=O)c2ccccc2)cc1C. The first kappa shape index (κ1) is 16.0. The van der Waals surface area contributed by atoms with Crippen molar-refractivity contribution in [3.63, 3.8) is 0 Å². The predicted octanol–water partition coefficient (Wildman–Crippen LogP) is 3.11. The minimum atomic E-state index is -3.63. The Morgan fingerprint density at radius 1 is 1.14 bits per heavy atom. The maximum Gasteiger partial charge on any atom is 0.310 e. The zero-order valence-electron chi connectivity index (χ0n) is 12.4. The number of aryl methyl sites for hydroxylation is 1. The van der Waals surface area contributed by atoms with Crippen LogP contribution in [0.4, 0.5) is 5.69 Å². The molecular weight excluding hydrogens is 302 g/mol. The standard InChI is InChI=1S/C16H17NO4S/c1-3-16(18)21-15-10-9-13(11-12(15)2)17-22(19,20)14-7-5-4-6-8-14/h4-11,17H,3H2,1-2H3. The third-order valence-corrected chi connectivity index (χ3v) is 4.39. The van der Waals surface area contributed by atoms with Gasteiger partial charge in [0.15, 0.2) is 0 Å². The van der Waals surface area contributed by atoms with Crippen molar-refractivity contribution in [2.75, 3.05) is 4.72 Å². The number of carbonyl (C=O) groups excluding carboxylic acids is 1. The first-order chi connectivity index (χ1) is 10.4. The number of esters is 1. The second-order valence-electron chi connectivity index (χ2n) is 4.73. The highest BCUT2D eigenvalue weighted by atomic mass is 32.2. The van der Waals surface area contributed by atoms with Gasteiger partial charge in [-0.1, -0.05) is 25.1 Å². The fraction of sp³-hybridized carbons (Fsp3) is 0.188. The highest BCUT2D eigenvalue weighted by Crippen LogP contribution is 2.24. The van der Waals surface area contributed by atoms with E-state index in [2.05, 4.69) is 4.72 Å². The van der Waals surface area contributed by atoms with Crippen LogP contribution in [-0.2, 0) is 14.8 Å². The van der Waals surface area contributed by atoms with Crippen LogP contribution in [0, 0.1) is 6.92 Å². The van der Waals surface area contributed by atoms with Crippen LogP contribution in [0.1, 0.15) is 18.9 Å². The van der Waals surface area contributed by atoms with E-state index in [4.69, 9.17) is 4.74 Å². The van der Waals surface area contributed by atoms with Crippen molar-refractivity contribution >= 4 is 21.7 Å². The van der Waals surface area contributed by atoms with Gasteiger partial charge >= 0.3 is 5.97 Å². The minimum absolute atomic E-state index is 0.189. The quantitative estimate of drug-likeness (QED) is 0.679. The lowest BCUT2D eigenvalue weighted by molar-refractivity contribution is -0.134. The lowest BCUT2D eigenvalue weighted by Gasteiger charge is -2.11. The molecule has 116 valence electrons. The molecule has 22 heavy (non-hydrogen) atoms. The third kappa shape index (κ3) is 3.85. The van der Waals surface area contributed by atoms with E-state index in [1.165, 1.54) is 12.1 Å². The van der Waals surface area contributed by atoms with Crippen LogP contribution in [-0.4, -0.2) is 14.4 Å². The number of hydrogen-bond acceptors (Lipinski definition) is 4. The first-order valence-electron chi connectivity index (χ1n) is 6.81. The lowest BCUT2D eigenvalue weighted by atomic mass is 10.2. The van der Waals surface area contributed by atoms with E-state index >= 15 is 0 Å². The molecule has 0 unspecified atom stereocenters. The van der Waals surface area contributed by atoms with Gasteiger partial charge in [-0.05, 0) is 42.8 Å². The minimum Gasteiger partial charge on any atom is -0.426 e. The molecule has 0 atom stereocenters. The van der Waals surface area contributed by atoms with E-state index in [9.17, 15) is 13.2 Å². The molecule has 0 fully saturated rings. The van der Waals surface area contributed by atoms with Crippen LogP contribution < -0.4 is 9.46 Å². The summed E-state index contributed by atoms with van der Waals surface area (Å²) in [5, 5.41) is 0. The van der Waals surface area contributed by atoms with Crippen molar-refractivity contribution in [1.82, 2.24) is 0 Å². The molecule has 0 radical (unpaired) electrons. The van der Waals surface area contributed by atoms with Crippen molar-refractivity contribution in [2.45, 2.75) is 25.2 Å². The molecule has 2 aromatic carbocycles. The normalized spacial score (nSPS) is 11.0. The average molecular weight is 319 g/mol. The monoisotopic (exact) mass is 319 g/mol. The Bertz CT molecular complexity index is 770. The molecule has 0 aromatic heterocycles. The van der Waals surface area contributed by atoms with Gasteiger partial charge in [-0.2, -0.15) is 0 Å². The van der Waals surface area contributed by atoms with Crippen LogP contribution in [0.3, 0.4) is 0 Å². The summed E-state index contributed by atoms with van der Waals surface area (Å²) in [5.41, 5.74) is 1.09. The molecule has 0 saturated heterocycles. The summed E-state index contributed by atoms with van der Waals surface area (Å²) in [6, 6.07) is 12.9. The summed E-state index contributed by atoms with van der Waals surface area (Å²) in [4.78, 5) is 11.5. The number of rotatable bonds is 5. The van der Waals surface area contributed by atoms with Gasteiger partial charge in [-0.3, -0.25) is 9.52 Å². The Labute approximate surface area is 130 Å². The molecular formula is C16H17NO4S. The molecule has 1 N–H and O–H groups in total. The van der Waals surface area contributed by atoms with Crippen LogP contribution in [0.2, 0.25) is 0 Å². The Morgan fingerprint density at radius 3 is 2.41 bits per heavy atom. The summed E-state index contributed by atoms with van der Waals surface area (Å²) in [5.74, 6) is 0.0928. The van der Waals surface area contributed by atoms with Gasteiger partial charge in [0.25, 0.3) is 10.0 Å². The van der Waals surface area contributed by atoms with E-state index in [1.807, 2.05) is 0 Å². The molecule has 0 amide bonds. The molecule has 2 aromatic rings. The van der Waals surface area contributed by atoms with Crippen LogP contribution >= 0.6 is 0 Å². The fourth-order valence-electron chi connectivity index (χ4n) is 1.84. The second-order valence-corrected chi connectivity index (χ2v) is 6.41. The van der Waals surface area contributed by atoms with Gasteiger partial charge in [-0.15, -0.1) is 0 Å². The highest BCUT2D eigenvalue weighted by Gasteiger charge is 2.14. The van der Waals surface area contributed by atoms with Gasteiger partial charge in [-0.25, -0.2) is 8.42 Å². The van der Waals surface area contributed by atoms with Crippen molar-refractivity contribution in [2.24, 2.45) is 0 Å². The predicted molar refractivity (Wildman–Crippen MR) is 84.4 cm³/mol. The molecule has 0 aliphatic heterocycles. The molecule has 0 bridgehead atoms. The molecule has 0 aliphatic rings. The number of hydrogen-bond donors (Lipinski definition) is 1. The maximum atomic E-state index is 12.2. The van der Waals surface area contributed by atoms with E-state index in [1.54, 1.807) is 50.2 Å². The van der Waals surface area contributed by atoms with Crippen molar-refractivity contribution in [3.05, 3.63) is 54.1 Å². The number of sulfonamides is 1. The molecule has 0 aliphatic carbocycles. The Hall–Kier alpha value is -2.34. The lowest BCUT2D eigenvalue weighted by Crippen LogP contribution is -2.13. The summed E-state index contributed by atoms with van der Waals surface area (Å²) in [6.07, 6.45) is 0.280. The third-order valence-electron chi connectivity index (χ3n) is 2.99. The van der Waals surface area contributed by atoms with Gasteiger partial charge < -0.3 is 4.74 Å². The summed E-state index contributed by atoms with van der Waals surface area (Å²) in [6.45, 7) is 3.46. The Kier molecular flexibility index (Phi) is 4.82. The van der Waals surface area contributed by atoms with Crippen molar-refractivity contribution in [3.8, 4) is 5.75 Å². The van der Waals surface area contributed by atoms with Gasteiger partial charge in [0, 0.05) is 12.1 Å². The van der Waals surface area contributed by atoms with Crippen LogP contribution in [0.15, 0.2) is 53.4 Å². The second kappa shape index (κ2) is 6.62. The molecule has 6 heteroatoms. The Balaban J connectivity index is 2.21. The topological polar surface area (TPSA) is 72.5 Å². The smallest absolute Gasteiger partial charge is 0.310 e. The van der Waals surface area contributed by atoms with Crippen molar-refractivity contribution < 1.29 is 17.9 Å². The Morgan fingerprint density at radius 2 is 1.82 bits per heavy atom. The number of benzene rings is 2. The summed E-state index contributed by atoms with van der Waals surface area (Å²) in [7, 11) is -3.63. The van der Waals surface area contributed by atoms with E-state index in [0.29, 0.717) is 17.0 Å². The summed E-state index contributed by atoms with van der Waals surface area (Å²) >= 11 is 0. The van der Waals surface area contributed by atoms with Gasteiger partial charge in [0.2, 0.25) is 0 Å². The van der Waals surface area contributed by atoms with Crippen LogP contribution in [0.5, 0.6) is 5.75 Å². The maximum absolute atomic E-state index is 12.2. The first-order valence-corrected chi connectivity index (χ1v) is 8.30. The number of ether oxygens (including phenoxy) is 1. The van der Waals surface area contributed by atoms with Gasteiger partial charge in [0.05, 0.1) is 4.90 Å². The van der Waals surface area contributed by atoms with Crippen molar-refractivity contribution in [1.29, 1.82) is 0 Å². The van der Waals surface area contributed by atoms with Crippen LogP contribution in [0.25, 0.3) is 0 Å². The molecule has 2 rings (SSSR count).